The van der Waals surface area contributed by atoms with Crippen molar-refractivity contribution >= 4 is 35.0 Å². The molecule has 2 amide bonds. The molecule has 0 spiro atoms. The summed E-state index contributed by atoms with van der Waals surface area (Å²) in [5, 5.41) is 2.82. The predicted molar refractivity (Wildman–Crippen MR) is 109 cm³/mol. The number of benzene rings is 2. The summed E-state index contributed by atoms with van der Waals surface area (Å²) in [4.78, 5) is 26.7. The molecular formula is C21H24N2O3S. The van der Waals surface area contributed by atoms with Crippen LogP contribution in [-0.4, -0.2) is 23.8 Å². The van der Waals surface area contributed by atoms with Crippen molar-refractivity contribution in [3.05, 3.63) is 48.0 Å². The second-order valence-electron chi connectivity index (χ2n) is 6.52. The highest BCUT2D eigenvalue weighted by Gasteiger charge is 2.33. The molecule has 1 unspecified atom stereocenters. The Hall–Kier alpha value is -2.47. The van der Waals surface area contributed by atoms with Gasteiger partial charge in [0.2, 0.25) is 11.8 Å². The molecule has 0 aromatic heterocycles. The maximum Gasteiger partial charge on any atom is 0.224 e. The fourth-order valence-electron chi connectivity index (χ4n) is 3.06. The second kappa shape index (κ2) is 8.48. The van der Waals surface area contributed by atoms with E-state index in [9.17, 15) is 9.59 Å². The van der Waals surface area contributed by atoms with E-state index < -0.39 is 0 Å². The van der Waals surface area contributed by atoms with Crippen LogP contribution in [0.1, 0.15) is 32.3 Å². The molecule has 0 aliphatic carbocycles. The first-order chi connectivity index (χ1) is 13.0. The van der Waals surface area contributed by atoms with Gasteiger partial charge in [-0.1, -0.05) is 30.8 Å². The number of anilines is 2. The lowest BCUT2D eigenvalue weighted by Crippen LogP contribution is -2.37. The van der Waals surface area contributed by atoms with Gasteiger partial charge >= 0.3 is 0 Å². The summed E-state index contributed by atoms with van der Waals surface area (Å²) in [6.07, 6.45) is 1.33. The predicted octanol–water partition coefficient (Wildman–Crippen LogP) is 4.60. The minimum absolute atomic E-state index is 0.00575. The van der Waals surface area contributed by atoms with Crippen molar-refractivity contribution < 1.29 is 14.3 Å². The molecule has 0 fully saturated rings. The number of thioether (sulfide) groups is 1. The Morgan fingerprint density at radius 2 is 2.00 bits per heavy atom. The van der Waals surface area contributed by atoms with Crippen LogP contribution in [0.3, 0.4) is 0 Å². The molecule has 1 heterocycles. The van der Waals surface area contributed by atoms with Crippen molar-refractivity contribution in [1.29, 1.82) is 0 Å². The minimum atomic E-state index is -0.0934. The standard InChI is InChI=1S/C21H24N2O3S/c1-4-7-20(25)22-17-11-10-16(12-14(17)2)26-13-21-23(15(3)24)18-8-5-6-9-19(18)27-21/h5-6,8-12,21H,4,7,13H2,1-3H3,(H,22,25). The molecular weight excluding hydrogens is 360 g/mol. The molecule has 0 saturated heterocycles. The molecule has 0 bridgehead atoms. The third-order valence-corrected chi connectivity index (χ3v) is 5.57. The lowest BCUT2D eigenvalue weighted by Gasteiger charge is -2.23. The number of para-hydroxylation sites is 1. The topological polar surface area (TPSA) is 58.6 Å². The highest BCUT2D eigenvalue weighted by atomic mass is 32.2. The van der Waals surface area contributed by atoms with Crippen LogP contribution in [0.4, 0.5) is 11.4 Å². The van der Waals surface area contributed by atoms with Gasteiger partial charge in [-0.05, 0) is 49.2 Å². The van der Waals surface area contributed by atoms with Crippen molar-refractivity contribution in [1.82, 2.24) is 0 Å². The van der Waals surface area contributed by atoms with Crippen LogP contribution in [0.25, 0.3) is 0 Å². The van der Waals surface area contributed by atoms with E-state index in [2.05, 4.69) is 5.32 Å². The van der Waals surface area contributed by atoms with E-state index in [0.29, 0.717) is 13.0 Å². The van der Waals surface area contributed by atoms with Gasteiger partial charge in [0.25, 0.3) is 0 Å². The average Bonchev–Trinajstić information content (AvgIpc) is 3.01. The smallest absolute Gasteiger partial charge is 0.224 e. The molecule has 6 heteroatoms. The first kappa shape index (κ1) is 19.3. The number of fused-ring (bicyclic) bond motifs is 1. The fraction of sp³-hybridized carbons (Fsp3) is 0.333. The first-order valence-corrected chi connectivity index (χ1v) is 9.96. The van der Waals surface area contributed by atoms with Crippen molar-refractivity contribution in [3.63, 3.8) is 0 Å². The molecule has 27 heavy (non-hydrogen) atoms. The summed E-state index contributed by atoms with van der Waals surface area (Å²) in [6.45, 7) is 5.89. The Kier molecular flexibility index (Phi) is 6.06. The monoisotopic (exact) mass is 384 g/mol. The number of hydrogen-bond acceptors (Lipinski definition) is 4. The molecule has 2 aromatic carbocycles. The van der Waals surface area contributed by atoms with Crippen molar-refractivity contribution in [3.8, 4) is 5.75 Å². The van der Waals surface area contributed by atoms with Crippen molar-refractivity contribution in [2.75, 3.05) is 16.8 Å². The Labute approximate surface area is 164 Å². The van der Waals surface area contributed by atoms with E-state index in [1.54, 1.807) is 23.6 Å². The largest absolute Gasteiger partial charge is 0.490 e. The maximum atomic E-state index is 12.1. The van der Waals surface area contributed by atoms with E-state index in [4.69, 9.17) is 4.74 Å². The molecule has 1 aliphatic rings. The first-order valence-electron chi connectivity index (χ1n) is 9.08. The number of hydrogen-bond donors (Lipinski definition) is 1. The van der Waals surface area contributed by atoms with Gasteiger partial charge in [0.15, 0.2) is 0 Å². The highest BCUT2D eigenvalue weighted by Crippen LogP contribution is 2.43. The Morgan fingerprint density at radius 3 is 2.70 bits per heavy atom. The number of ether oxygens (including phenoxy) is 1. The van der Waals surface area contributed by atoms with Crippen molar-refractivity contribution in [2.24, 2.45) is 0 Å². The molecule has 3 rings (SSSR count). The van der Waals surface area contributed by atoms with Gasteiger partial charge in [-0.25, -0.2) is 0 Å². The van der Waals surface area contributed by atoms with Crippen LogP contribution in [0.2, 0.25) is 0 Å². The van der Waals surface area contributed by atoms with E-state index in [1.165, 1.54) is 0 Å². The molecule has 1 N–H and O–H groups in total. The summed E-state index contributed by atoms with van der Waals surface area (Å²) < 4.78 is 5.96. The van der Waals surface area contributed by atoms with Crippen LogP contribution >= 0.6 is 11.8 Å². The fourth-order valence-corrected chi connectivity index (χ4v) is 4.31. The number of rotatable bonds is 6. The summed E-state index contributed by atoms with van der Waals surface area (Å²) in [5.74, 6) is 0.749. The van der Waals surface area contributed by atoms with Gasteiger partial charge < -0.3 is 10.1 Å². The SMILES string of the molecule is CCCC(=O)Nc1ccc(OCC2Sc3ccccc3N2C(C)=O)cc1C. The maximum absolute atomic E-state index is 12.1. The van der Waals surface area contributed by atoms with Gasteiger partial charge in [0.1, 0.15) is 17.7 Å². The molecule has 0 saturated carbocycles. The average molecular weight is 385 g/mol. The lowest BCUT2D eigenvalue weighted by molar-refractivity contribution is -0.117. The third-order valence-electron chi connectivity index (χ3n) is 4.36. The lowest BCUT2D eigenvalue weighted by atomic mass is 10.2. The minimum Gasteiger partial charge on any atom is -0.490 e. The van der Waals surface area contributed by atoms with Gasteiger partial charge in [0.05, 0.1) is 5.69 Å². The summed E-state index contributed by atoms with van der Waals surface area (Å²) in [5.41, 5.74) is 2.69. The summed E-state index contributed by atoms with van der Waals surface area (Å²) >= 11 is 1.64. The van der Waals surface area contributed by atoms with E-state index >= 15 is 0 Å². The molecule has 2 aromatic rings. The van der Waals surface area contributed by atoms with Gasteiger partial charge in [-0.2, -0.15) is 0 Å². The van der Waals surface area contributed by atoms with Crippen LogP contribution in [0.15, 0.2) is 47.4 Å². The number of nitrogens with zero attached hydrogens (tertiary/aromatic N) is 1. The molecule has 1 aliphatic heterocycles. The Bertz CT molecular complexity index is 853. The Balaban J connectivity index is 1.66. The zero-order valence-corrected chi connectivity index (χ0v) is 16.6. The second-order valence-corrected chi connectivity index (χ2v) is 7.73. The zero-order chi connectivity index (χ0) is 19.4. The molecule has 5 nitrogen and oxygen atoms in total. The van der Waals surface area contributed by atoms with Crippen LogP contribution in [0.5, 0.6) is 5.75 Å². The summed E-state index contributed by atoms with van der Waals surface area (Å²) in [6, 6.07) is 13.5. The van der Waals surface area contributed by atoms with Crippen LogP contribution < -0.4 is 15.0 Å². The van der Waals surface area contributed by atoms with Gasteiger partial charge in [-0.15, -0.1) is 0 Å². The third kappa shape index (κ3) is 4.45. The number of carbonyl (C=O) groups is 2. The Morgan fingerprint density at radius 1 is 1.22 bits per heavy atom. The van der Waals surface area contributed by atoms with Gasteiger partial charge in [-0.3, -0.25) is 14.5 Å². The van der Waals surface area contributed by atoms with E-state index in [1.807, 2.05) is 56.3 Å². The normalized spacial score (nSPS) is 15.4. The van der Waals surface area contributed by atoms with Crippen LogP contribution in [0, 0.1) is 6.92 Å². The quantitative estimate of drug-likeness (QED) is 0.791. The zero-order valence-electron chi connectivity index (χ0n) is 15.8. The highest BCUT2D eigenvalue weighted by molar-refractivity contribution is 8.00. The van der Waals surface area contributed by atoms with Crippen LogP contribution in [-0.2, 0) is 9.59 Å². The number of nitrogens with one attached hydrogen (secondary N) is 1. The van der Waals surface area contributed by atoms with Crippen molar-refractivity contribution in [2.45, 2.75) is 43.9 Å². The molecule has 1 atom stereocenters. The molecule has 0 radical (unpaired) electrons. The van der Waals surface area contributed by atoms with Gasteiger partial charge in [0, 0.05) is 23.9 Å². The van der Waals surface area contributed by atoms with E-state index in [-0.39, 0.29) is 17.2 Å². The number of carbonyl (C=O) groups excluding carboxylic acids is 2. The van der Waals surface area contributed by atoms with E-state index in [0.717, 1.165) is 34.0 Å². The number of aryl methyl sites for hydroxylation is 1. The molecule has 142 valence electrons. The number of amides is 2. The summed E-state index contributed by atoms with van der Waals surface area (Å²) in [7, 11) is 0.